The molecule has 0 unspecified atom stereocenters. The molecule has 2 rings (SSSR count). The Labute approximate surface area is 129 Å². The maximum atomic E-state index is 12.2. The van der Waals surface area contributed by atoms with Crippen LogP contribution < -0.4 is 10.6 Å². The molecule has 8 heteroatoms. The summed E-state index contributed by atoms with van der Waals surface area (Å²) >= 11 is 5.90. The van der Waals surface area contributed by atoms with E-state index in [2.05, 4.69) is 15.6 Å². The summed E-state index contributed by atoms with van der Waals surface area (Å²) in [6.07, 6.45) is 0.903. The van der Waals surface area contributed by atoms with Crippen molar-refractivity contribution in [1.29, 1.82) is 0 Å². The van der Waals surface area contributed by atoms with Crippen LogP contribution in [0.15, 0.2) is 12.1 Å². The first-order valence-electron chi connectivity index (χ1n) is 6.82. The van der Waals surface area contributed by atoms with E-state index in [-0.39, 0.29) is 28.6 Å². The number of hydrogen-bond acceptors (Lipinski definition) is 5. The van der Waals surface area contributed by atoms with Gasteiger partial charge in [-0.1, -0.05) is 11.6 Å². The van der Waals surface area contributed by atoms with E-state index in [1.54, 1.807) is 6.07 Å². The minimum atomic E-state index is -2.93. The fourth-order valence-electron chi connectivity index (χ4n) is 2.20. The minimum absolute atomic E-state index is 0.115. The van der Waals surface area contributed by atoms with Crippen LogP contribution in [0.25, 0.3) is 0 Å². The molecule has 1 fully saturated rings. The van der Waals surface area contributed by atoms with Gasteiger partial charge in [0.25, 0.3) is 5.91 Å². The van der Waals surface area contributed by atoms with Gasteiger partial charge in [-0.15, -0.1) is 0 Å². The van der Waals surface area contributed by atoms with Gasteiger partial charge in [0.2, 0.25) is 0 Å². The van der Waals surface area contributed by atoms with E-state index < -0.39 is 9.84 Å². The molecule has 0 atom stereocenters. The lowest BCUT2D eigenvalue weighted by atomic mass is 10.1. The zero-order valence-electron chi connectivity index (χ0n) is 11.7. The molecular formula is C13H18ClN3O3S. The van der Waals surface area contributed by atoms with Crippen molar-refractivity contribution < 1.29 is 13.2 Å². The van der Waals surface area contributed by atoms with E-state index in [1.807, 2.05) is 6.92 Å². The first-order chi connectivity index (χ1) is 9.89. The Morgan fingerprint density at radius 2 is 2.05 bits per heavy atom. The average molecular weight is 332 g/mol. The summed E-state index contributed by atoms with van der Waals surface area (Å²) in [5.41, 5.74) is 0.416. The molecule has 1 aliphatic heterocycles. The second-order valence-corrected chi connectivity index (χ2v) is 7.68. The number of nitrogens with one attached hydrogen (secondary N) is 2. The van der Waals surface area contributed by atoms with Crippen LogP contribution in [-0.2, 0) is 9.84 Å². The highest BCUT2D eigenvalue weighted by Gasteiger charge is 2.25. The van der Waals surface area contributed by atoms with Gasteiger partial charge >= 0.3 is 0 Å². The normalized spacial score (nSPS) is 18.2. The summed E-state index contributed by atoms with van der Waals surface area (Å²) in [5.74, 6) is 0.527. The number of pyridine rings is 1. The molecule has 0 radical (unpaired) electrons. The van der Waals surface area contributed by atoms with E-state index in [9.17, 15) is 13.2 Å². The van der Waals surface area contributed by atoms with Crippen LogP contribution in [0.3, 0.4) is 0 Å². The van der Waals surface area contributed by atoms with Crippen LogP contribution >= 0.6 is 11.6 Å². The Morgan fingerprint density at radius 3 is 2.67 bits per heavy atom. The number of rotatable bonds is 4. The number of hydrogen-bond donors (Lipinski definition) is 2. The molecule has 1 saturated heterocycles. The number of anilines is 1. The fraction of sp³-hybridized carbons (Fsp3) is 0.538. The maximum Gasteiger partial charge on any atom is 0.251 e. The Hall–Kier alpha value is -1.34. The SMILES string of the molecule is CCNc1cc(C(=O)NC2CCS(=O)(=O)CC2)cc(Cl)n1. The molecule has 116 valence electrons. The quantitative estimate of drug-likeness (QED) is 0.816. The molecule has 21 heavy (non-hydrogen) atoms. The summed E-state index contributed by atoms with van der Waals surface area (Å²) in [6, 6.07) is 3.01. The van der Waals surface area contributed by atoms with E-state index in [0.717, 1.165) is 0 Å². The topological polar surface area (TPSA) is 88.2 Å². The van der Waals surface area contributed by atoms with Crippen molar-refractivity contribution in [3.8, 4) is 0 Å². The Morgan fingerprint density at radius 1 is 1.38 bits per heavy atom. The number of amides is 1. The zero-order chi connectivity index (χ0) is 15.5. The highest BCUT2D eigenvalue weighted by Crippen LogP contribution is 2.16. The van der Waals surface area contributed by atoms with Gasteiger partial charge in [-0.05, 0) is 31.9 Å². The molecule has 0 bridgehead atoms. The van der Waals surface area contributed by atoms with Crippen molar-refractivity contribution in [2.24, 2.45) is 0 Å². The summed E-state index contributed by atoms with van der Waals surface area (Å²) in [7, 11) is -2.93. The number of aromatic nitrogens is 1. The predicted octanol–water partition coefficient (Wildman–Crippen LogP) is 1.47. The minimum Gasteiger partial charge on any atom is -0.370 e. The maximum absolute atomic E-state index is 12.2. The molecule has 1 aromatic rings. The molecule has 1 amide bonds. The summed E-state index contributed by atoms with van der Waals surface area (Å²) < 4.78 is 22.7. The summed E-state index contributed by atoms with van der Waals surface area (Å²) in [6.45, 7) is 2.60. The lowest BCUT2D eigenvalue weighted by molar-refractivity contribution is 0.0934. The average Bonchev–Trinajstić information content (AvgIpc) is 2.41. The van der Waals surface area contributed by atoms with Crippen molar-refractivity contribution >= 4 is 33.2 Å². The first-order valence-corrected chi connectivity index (χ1v) is 9.02. The summed E-state index contributed by atoms with van der Waals surface area (Å²) in [5, 5.41) is 6.10. The van der Waals surface area contributed by atoms with E-state index in [4.69, 9.17) is 11.6 Å². The van der Waals surface area contributed by atoms with E-state index in [1.165, 1.54) is 6.07 Å². The van der Waals surface area contributed by atoms with Crippen LogP contribution in [-0.4, -0.2) is 43.4 Å². The molecule has 1 aromatic heterocycles. The van der Waals surface area contributed by atoms with Gasteiger partial charge in [0, 0.05) is 18.2 Å². The third kappa shape index (κ3) is 4.57. The molecule has 2 N–H and O–H groups in total. The molecule has 0 aromatic carbocycles. The molecule has 0 saturated carbocycles. The molecular weight excluding hydrogens is 314 g/mol. The largest absolute Gasteiger partial charge is 0.370 e. The number of sulfone groups is 1. The van der Waals surface area contributed by atoms with Crippen molar-refractivity contribution in [2.75, 3.05) is 23.4 Å². The third-order valence-electron chi connectivity index (χ3n) is 3.30. The smallest absolute Gasteiger partial charge is 0.251 e. The van der Waals surface area contributed by atoms with Gasteiger partial charge in [-0.25, -0.2) is 13.4 Å². The Bertz CT molecular complexity index is 620. The molecule has 0 aliphatic carbocycles. The van der Waals surface area contributed by atoms with Gasteiger partial charge in [0.05, 0.1) is 11.5 Å². The van der Waals surface area contributed by atoms with E-state index in [0.29, 0.717) is 30.8 Å². The fourth-order valence-corrected chi connectivity index (χ4v) is 3.90. The van der Waals surface area contributed by atoms with Crippen LogP contribution in [0.1, 0.15) is 30.1 Å². The summed E-state index contributed by atoms with van der Waals surface area (Å²) in [4.78, 5) is 16.3. The van der Waals surface area contributed by atoms with Crippen molar-refractivity contribution in [1.82, 2.24) is 10.3 Å². The number of carbonyl (C=O) groups is 1. The lowest BCUT2D eigenvalue weighted by Gasteiger charge is -2.23. The highest BCUT2D eigenvalue weighted by molar-refractivity contribution is 7.91. The van der Waals surface area contributed by atoms with Gasteiger partial charge in [0.15, 0.2) is 0 Å². The number of halogens is 1. The van der Waals surface area contributed by atoms with Crippen molar-refractivity contribution in [2.45, 2.75) is 25.8 Å². The highest BCUT2D eigenvalue weighted by atomic mass is 35.5. The Balaban J connectivity index is 2.03. The molecule has 1 aliphatic rings. The third-order valence-corrected chi connectivity index (χ3v) is 5.21. The van der Waals surface area contributed by atoms with Crippen LogP contribution in [0.5, 0.6) is 0 Å². The molecule has 0 spiro atoms. The monoisotopic (exact) mass is 331 g/mol. The zero-order valence-corrected chi connectivity index (χ0v) is 13.3. The molecule has 6 nitrogen and oxygen atoms in total. The van der Waals surface area contributed by atoms with Crippen molar-refractivity contribution in [3.63, 3.8) is 0 Å². The Kier molecular flexibility index (Phi) is 5.05. The van der Waals surface area contributed by atoms with Crippen molar-refractivity contribution in [3.05, 3.63) is 22.8 Å². The lowest BCUT2D eigenvalue weighted by Crippen LogP contribution is -2.40. The standard InChI is InChI=1S/C13H18ClN3O3S/c1-2-15-12-8-9(7-11(14)17-12)13(18)16-10-3-5-21(19,20)6-4-10/h7-8,10H,2-6H2,1H3,(H,15,17)(H,16,18). The number of nitrogens with zero attached hydrogens (tertiary/aromatic N) is 1. The van der Waals surface area contributed by atoms with Gasteiger partial charge in [0.1, 0.15) is 20.8 Å². The van der Waals surface area contributed by atoms with E-state index >= 15 is 0 Å². The van der Waals surface area contributed by atoms with Crippen LogP contribution in [0, 0.1) is 0 Å². The van der Waals surface area contributed by atoms with Crippen LogP contribution in [0.2, 0.25) is 5.15 Å². The number of carbonyl (C=O) groups excluding carboxylic acids is 1. The van der Waals surface area contributed by atoms with Crippen LogP contribution in [0.4, 0.5) is 5.82 Å². The second-order valence-electron chi connectivity index (χ2n) is 4.99. The van der Waals surface area contributed by atoms with Gasteiger partial charge in [-0.3, -0.25) is 4.79 Å². The second kappa shape index (κ2) is 6.62. The van der Waals surface area contributed by atoms with Gasteiger partial charge in [-0.2, -0.15) is 0 Å². The molecule has 2 heterocycles. The predicted molar refractivity (Wildman–Crippen MR) is 82.6 cm³/mol. The first kappa shape index (κ1) is 16.0. The van der Waals surface area contributed by atoms with Gasteiger partial charge < -0.3 is 10.6 Å².